The molecule has 3 fully saturated rings. The lowest BCUT2D eigenvalue weighted by molar-refractivity contribution is -0.0858. The molecule has 2 heterocycles. The lowest BCUT2D eigenvalue weighted by atomic mass is 9.82. The Kier molecular flexibility index (Phi) is 11.6. The molecular formula is C24H46N2O. The summed E-state index contributed by atoms with van der Waals surface area (Å²) in [6.45, 7) is 14.7. The maximum absolute atomic E-state index is 6.32. The van der Waals surface area contributed by atoms with Crippen LogP contribution in [0.4, 0.5) is 0 Å². The van der Waals surface area contributed by atoms with E-state index in [4.69, 9.17) is 4.74 Å². The van der Waals surface area contributed by atoms with Crippen molar-refractivity contribution in [3.63, 3.8) is 0 Å². The molecule has 0 bridgehead atoms. The van der Waals surface area contributed by atoms with Crippen LogP contribution in [0.2, 0.25) is 0 Å². The number of rotatable bonds is 4. The summed E-state index contributed by atoms with van der Waals surface area (Å²) in [5.41, 5.74) is 0. The van der Waals surface area contributed by atoms with Gasteiger partial charge in [-0.2, -0.15) is 0 Å². The van der Waals surface area contributed by atoms with Crippen LogP contribution in [0, 0.1) is 29.6 Å². The van der Waals surface area contributed by atoms with Gasteiger partial charge in [-0.1, -0.05) is 41.0 Å². The van der Waals surface area contributed by atoms with Crippen LogP contribution in [0.15, 0.2) is 0 Å². The number of hydrogen-bond acceptors (Lipinski definition) is 3. The first kappa shape index (κ1) is 24.5. The highest BCUT2D eigenvalue weighted by atomic mass is 16.5. The van der Waals surface area contributed by atoms with Gasteiger partial charge in [0, 0.05) is 31.5 Å². The third-order valence-corrected chi connectivity index (χ3v) is 5.94. The molecule has 3 aliphatic rings. The molecule has 2 aliphatic heterocycles. The summed E-state index contributed by atoms with van der Waals surface area (Å²) in [4.78, 5) is 5.15. The van der Waals surface area contributed by atoms with Gasteiger partial charge in [-0.15, -0.1) is 5.92 Å². The van der Waals surface area contributed by atoms with Crippen LogP contribution < -0.4 is 0 Å². The Bertz CT molecular complexity index is 431. The summed E-state index contributed by atoms with van der Waals surface area (Å²) in [5.74, 6) is 8.72. The number of nitrogens with zero attached hydrogens (tertiary/aromatic N) is 2. The predicted molar refractivity (Wildman–Crippen MR) is 118 cm³/mol. The van der Waals surface area contributed by atoms with Crippen LogP contribution in [-0.2, 0) is 4.74 Å². The van der Waals surface area contributed by atoms with E-state index in [-0.39, 0.29) is 7.43 Å². The first-order valence-electron chi connectivity index (χ1n) is 11.2. The van der Waals surface area contributed by atoms with Gasteiger partial charge < -0.3 is 14.5 Å². The Balaban J connectivity index is 0.00000118. The zero-order valence-corrected chi connectivity index (χ0v) is 18.0. The van der Waals surface area contributed by atoms with E-state index in [0.717, 1.165) is 18.8 Å². The van der Waals surface area contributed by atoms with Crippen LogP contribution in [0.1, 0.15) is 73.6 Å². The van der Waals surface area contributed by atoms with E-state index < -0.39 is 0 Å². The summed E-state index contributed by atoms with van der Waals surface area (Å²) < 4.78 is 6.32. The Morgan fingerprint density at radius 3 is 2.07 bits per heavy atom. The van der Waals surface area contributed by atoms with Gasteiger partial charge in [-0.25, -0.2) is 0 Å². The van der Waals surface area contributed by atoms with E-state index in [0.29, 0.717) is 24.0 Å². The summed E-state index contributed by atoms with van der Waals surface area (Å²) >= 11 is 0. The van der Waals surface area contributed by atoms with E-state index in [2.05, 4.69) is 42.5 Å². The second-order valence-electron chi connectivity index (χ2n) is 8.62. The Morgan fingerprint density at radius 2 is 1.52 bits per heavy atom. The maximum atomic E-state index is 6.32. The van der Waals surface area contributed by atoms with Crippen LogP contribution >= 0.6 is 0 Å². The molecule has 0 aromatic heterocycles. The van der Waals surface area contributed by atoms with Gasteiger partial charge in [0.2, 0.25) is 0 Å². The molecule has 0 radical (unpaired) electrons. The number of ether oxygens (including phenoxy) is 1. The molecule has 0 N–H and O–H groups in total. The van der Waals surface area contributed by atoms with Crippen LogP contribution in [-0.4, -0.2) is 61.8 Å². The van der Waals surface area contributed by atoms with Gasteiger partial charge in [-0.05, 0) is 64.6 Å². The van der Waals surface area contributed by atoms with E-state index in [1.807, 2.05) is 13.8 Å². The van der Waals surface area contributed by atoms with Crippen LogP contribution in [0.5, 0.6) is 0 Å². The van der Waals surface area contributed by atoms with Gasteiger partial charge in [0.25, 0.3) is 0 Å². The Labute approximate surface area is 170 Å². The molecule has 0 aromatic rings. The SMILES string of the molecule is C.CC.CC(C)C#CC1CC(OC2CCN(CC3CCN(C)CC3)CC2)C1. The second kappa shape index (κ2) is 12.8. The predicted octanol–water partition coefficient (Wildman–Crippen LogP) is 4.91. The number of piperidine rings is 2. The molecule has 0 aromatic carbocycles. The first-order chi connectivity index (χ1) is 12.6. The average molecular weight is 379 g/mol. The van der Waals surface area contributed by atoms with Gasteiger partial charge in [-0.3, -0.25) is 0 Å². The second-order valence-corrected chi connectivity index (χ2v) is 8.62. The zero-order chi connectivity index (χ0) is 18.9. The molecule has 1 aliphatic carbocycles. The van der Waals surface area contributed by atoms with E-state index in [1.165, 1.54) is 58.4 Å². The van der Waals surface area contributed by atoms with Crippen molar-refractivity contribution in [2.24, 2.45) is 17.8 Å². The van der Waals surface area contributed by atoms with E-state index >= 15 is 0 Å². The molecule has 1 saturated carbocycles. The van der Waals surface area contributed by atoms with Crippen molar-refractivity contribution in [2.45, 2.75) is 85.9 Å². The molecule has 158 valence electrons. The maximum Gasteiger partial charge on any atom is 0.0603 e. The number of hydrogen-bond donors (Lipinski definition) is 0. The fourth-order valence-electron chi connectivity index (χ4n) is 4.19. The Hall–Kier alpha value is -0.560. The minimum absolute atomic E-state index is 0. The van der Waals surface area contributed by atoms with Crippen molar-refractivity contribution < 1.29 is 4.74 Å². The molecule has 0 spiro atoms. The summed E-state index contributed by atoms with van der Waals surface area (Å²) in [6, 6.07) is 0. The lowest BCUT2D eigenvalue weighted by Gasteiger charge is -2.40. The normalized spacial score (nSPS) is 27.6. The molecule has 0 amide bonds. The standard InChI is InChI=1S/C21H36N2O.C2H6.CH4/c1-17(2)4-5-19-14-21(15-19)24-20-8-12-23(13-9-20)16-18-6-10-22(3)11-7-18;1-2;/h17-21H,6-16H2,1-3H3;1-2H3;1H4. The van der Waals surface area contributed by atoms with Crippen molar-refractivity contribution in [2.75, 3.05) is 39.8 Å². The number of likely N-dealkylation sites (tertiary alicyclic amines) is 2. The minimum Gasteiger partial charge on any atom is -0.375 e. The third kappa shape index (κ3) is 8.55. The van der Waals surface area contributed by atoms with Gasteiger partial charge in [0.15, 0.2) is 0 Å². The van der Waals surface area contributed by atoms with Crippen molar-refractivity contribution in [3.8, 4) is 11.8 Å². The van der Waals surface area contributed by atoms with Crippen LogP contribution in [0.3, 0.4) is 0 Å². The molecule has 0 atom stereocenters. The quantitative estimate of drug-likeness (QED) is 0.647. The van der Waals surface area contributed by atoms with Crippen molar-refractivity contribution in [1.29, 1.82) is 0 Å². The van der Waals surface area contributed by atoms with Gasteiger partial charge >= 0.3 is 0 Å². The summed E-state index contributed by atoms with van der Waals surface area (Å²) in [7, 11) is 2.25. The van der Waals surface area contributed by atoms with Crippen molar-refractivity contribution in [3.05, 3.63) is 0 Å². The molecule has 27 heavy (non-hydrogen) atoms. The Morgan fingerprint density at radius 1 is 0.926 bits per heavy atom. The largest absolute Gasteiger partial charge is 0.375 e. The van der Waals surface area contributed by atoms with E-state index in [1.54, 1.807) is 0 Å². The molecule has 3 nitrogen and oxygen atoms in total. The average Bonchev–Trinajstić information content (AvgIpc) is 2.62. The lowest BCUT2D eigenvalue weighted by Crippen LogP contribution is -2.44. The molecule has 0 unspecified atom stereocenters. The smallest absolute Gasteiger partial charge is 0.0603 e. The minimum atomic E-state index is 0. The van der Waals surface area contributed by atoms with Gasteiger partial charge in [0.05, 0.1) is 12.2 Å². The molecule has 3 rings (SSSR count). The van der Waals surface area contributed by atoms with E-state index in [9.17, 15) is 0 Å². The highest BCUT2D eigenvalue weighted by Crippen LogP contribution is 2.32. The molecule has 3 heteroatoms. The molecule has 2 saturated heterocycles. The monoisotopic (exact) mass is 378 g/mol. The van der Waals surface area contributed by atoms with Crippen molar-refractivity contribution >= 4 is 0 Å². The fraction of sp³-hybridized carbons (Fsp3) is 0.917. The highest BCUT2D eigenvalue weighted by Gasteiger charge is 2.32. The van der Waals surface area contributed by atoms with Gasteiger partial charge in [0.1, 0.15) is 0 Å². The van der Waals surface area contributed by atoms with Crippen LogP contribution in [0.25, 0.3) is 0 Å². The fourth-order valence-corrected chi connectivity index (χ4v) is 4.19. The molecular weight excluding hydrogens is 332 g/mol. The summed E-state index contributed by atoms with van der Waals surface area (Å²) in [5, 5.41) is 0. The zero-order valence-electron chi connectivity index (χ0n) is 18.0. The summed E-state index contributed by atoms with van der Waals surface area (Å²) in [6.07, 6.45) is 8.54. The highest BCUT2D eigenvalue weighted by molar-refractivity contribution is 5.10. The van der Waals surface area contributed by atoms with Crippen molar-refractivity contribution in [1.82, 2.24) is 9.80 Å². The topological polar surface area (TPSA) is 15.7 Å². The third-order valence-electron chi connectivity index (χ3n) is 5.94. The first-order valence-corrected chi connectivity index (χ1v) is 11.2.